The van der Waals surface area contributed by atoms with Crippen LogP contribution in [0.15, 0.2) is 12.7 Å². The molecule has 0 radical (unpaired) electrons. The molecule has 5 nitrogen and oxygen atoms in total. The van der Waals surface area contributed by atoms with E-state index in [1.54, 1.807) is 6.92 Å². The molecule has 0 aromatic carbocycles. The average Bonchev–Trinajstić information content (AvgIpc) is 2.55. The van der Waals surface area contributed by atoms with E-state index in [1.165, 1.54) is 0 Å². The molecule has 6 atom stereocenters. The van der Waals surface area contributed by atoms with Gasteiger partial charge in [-0.2, -0.15) is 0 Å². The number of unbranched alkanes of at least 4 members (excludes halogenated alkanes) is 2. The van der Waals surface area contributed by atoms with Gasteiger partial charge in [-0.05, 0) is 37.9 Å². The van der Waals surface area contributed by atoms with E-state index in [9.17, 15) is 10.2 Å². The van der Waals surface area contributed by atoms with Gasteiger partial charge in [0.1, 0.15) is 18.3 Å². The molecule has 1 fully saturated rings. The summed E-state index contributed by atoms with van der Waals surface area (Å²) in [5.41, 5.74) is 0. The molecule has 0 amide bonds. The second-order valence-electron chi connectivity index (χ2n) is 9.31. The van der Waals surface area contributed by atoms with Crippen LogP contribution in [0.5, 0.6) is 0 Å². The van der Waals surface area contributed by atoms with Crippen LogP contribution in [0.25, 0.3) is 0 Å². The van der Waals surface area contributed by atoms with Gasteiger partial charge in [0.2, 0.25) is 0 Å². The van der Waals surface area contributed by atoms with Crippen LogP contribution in [0.2, 0.25) is 18.1 Å². The lowest BCUT2D eigenvalue weighted by molar-refractivity contribution is -0.301. The quantitative estimate of drug-likeness (QED) is 0.322. The topological polar surface area (TPSA) is 68.2 Å². The minimum atomic E-state index is -2.16. The molecular formula is C21H42O5Si. The first kappa shape index (κ1) is 24.8. The Morgan fingerprint density at radius 3 is 2.33 bits per heavy atom. The molecule has 0 aliphatic carbocycles. The van der Waals surface area contributed by atoms with Gasteiger partial charge in [0.25, 0.3) is 0 Å². The van der Waals surface area contributed by atoms with Gasteiger partial charge in [0.05, 0.1) is 12.2 Å². The van der Waals surface area contributed by atoms with E-state index < -0.39 is 39.0 Å². The third-order valence-electron chi connectivity index (χ3n) is 5.90. The highest BCUT2D eigenvalue weighted by atomic mass is 28.4. The normalized spacial score (nSPS) is 30.9. The van der Waals surface area contributed by atoms with Crippen LogP contribution in [0, 0.1) is 0 Å². The molecule has 1 rings (SSSR count). The summed E-state index contributed by atoms with van der Waals surface area (Å²) in [5, 5.41) is 21.5. The fourth-order valence-electron chi connectivity index (χ4n) is 3.00. The van der Waals surface area contributed by atoms with Crippen molar-refractivity contribution in [3.8, 4) is 0 Å². The monoisotopic (exact) mass is 402 g/mol. The second-order valence-corrected chi connectivity index (χ2v) is 14.1. The van der Waals surface area contributed by atoms with E-state index >= 15 is 0 Å². The first-order valence-electron chi connectivity index (χ1n) is 10.4. The van der Waals surface area contributed by atoms with Gasteiger partial charge >= 0.3 is 0 Å². The highest BCUT2D eigenvalue weighted by molar-refractivity contribution is 6.74. The highest BCUT2D eigenvalue weighted by Gasteiger charge is 2.49. The Kier molecular flexibility index (Phi) is 9.65. The molecule has 1 saturated heterocycles. The van der Waals surface area contributed by atoms with Crippen molar-refractivity contribution in [3.63, 3.8) is 0 Å². The van der Waals surface area contributed by atoms with Crippen LogP contribution in [0.1, 0.15) is 66.7 Å². The van der Waals surface area contributed by atoms with Crippen LogP contribution in [0.3, 0.4) is 0 Å². The van der Waals surface area contributed by atoms with Crippen molar-refractivity contribution >= 4 is 8.32 Å². The maximum Gasteiger partial charge on any atom is 0.192 e. The summed E-state index contributed by atoms with van der Waals surface area (Å²) >= 11 is 0. The van der Waals surface area contributed by atoms with Crippen LogP contribution < -0.4 is 0 Å². The molecule has 6 heteroatoms. The van der Waals surface area contributed by atoms with Crippen molar-refractivity contribution < 1.29 is 24.1 Å². The van der Waals surface area contributed by atoms with Gasteiger partial charge in [-0.15, -0.1) is 6.58 Å². The average molecular weight is 403 g/mol. The molecule has 0 aromatic heterocycles. The SMILES string of the molecule is C=CC[C@@H](CCCCC)O[C@@H]1O[C@H](C)[C@H](O)[C@H](O[Si](C)(C)C(C)(C)C)[C@H]1O. The zero-order valence-corrected chi connectivity index (χ0v) is 19.4. The second kappa shape index (κ2) is 10.5. The Bertz CT molecular complexity index is 448. The summed E-state index contributed by atoms with van der Waals surface area (Å²) in [6.07, 6.45) is 2.89. The van der Waals surface area contributed by atoms with Crippen molar-refractivity contribution in [2.24, 2.45) is 0 Å². The Balaban J connectivity index is 2.88. The Hall–Kier alpha value is -0.243. The zero-order chi connectivity index (χ0) is 20.8. The number of aliphatic hydroxyl groups excluding tert-OH is 2. The predicted molar refractivity (Wildman–Crippen MR) is 112 cm³/mol. The van der Waals surface area contributed by atoms with E-state index in [1.807, 2.05) is 6.08 Å². The molecule has 0 bridgehead atoms. The van der Waals surface area contributed by atoms with Crippen molar-refractivity contribution in [2.75, 3.05) is 0 Å². The van der Waals surface area contributed by atoms with E-state index in [2.05, 4.69) is 47.4 Å². The lowest BCUT2D eigenvalue weighted by atomic mass is 9.99. The summed E-state index contributed by atoms with van der Waals surface area (Å²) in [7, 11) is -2.16. The largest absolute Gasteiger partial charge is 0.408 e. The maximum atomic E-state index is 10.9. The predicted octanol–water partition coefficient (Wildman–Crippen LogP) is 4.39. The van der Waals surface area contributed by atoms with Gasteiger partial charge in [0.15, 0.2) is 14.6 Å². The molecule has 27 heavy (non-hydrogen) atoms. The van der Waals surface area contributed by atoms with E-state index in [0.717, 1.165) is 25.7 Å². The lowest BCUT2D eigenvalue weighted by Crippen LogP contribution is -2.62. The molecule has 160 valence electrons. The first-order valence-corrected chi connectivity index (χ1v) is 13.3. The Morgan fingerprint density at radius 2 is 1.81 bits per heavy atom. The van der Waals surface area contributed by atoms with Gasteiger partial charge in [-0.25, -0.2) is 0 Å². The van der Waals surface area contributed by atoms with E-state index in [4.69, 9.17) is 13.9 Å². The number of rotatable bonds is 10. The first-order chi connectivity index (χ1) is 12.4. The summed E-state index contributed by atoms with van der Waals surface area (Å²) in [4.78, 5) is 0. The summed E-state index contributed by atoms with van der Waals surface area (Å²) < 4.78 is 18.3. The molecule has 1 aliphatic heterocycles. The minimum absolute atomic E-state index is 0.0180. The zero-order valence-electron chi connectivity index (χ0n) is 18.4. The summed E-state index contributed by atoms with van der Waals surface area (Å²) in [6.45, 7) is 18.4. The van der Waals surface area contributed by atoms with Crippen LogP contribution in [-0.4, -0.2) is 55.3 Å². The number of aliphatic hydroxyl groups is 2. The maximum absolute atomic E-state index is 10.9. The molecule has 0 spiro atoms. The van der Waals surface area contributed by atoms with Crippen molar-refractivity contribution in [3.05, 3.63) is 12.7 Å². The van der Waals surface area contributed by atoms with Gasteiger partial charge < -0.3 is 24.1 Å². The fourth-order valence-corrected chi connectivity index (χ4v) is 4.32. The Morgan fingerprint density at radius 1 is 1.19 bits per heavy atom. The van der Waals surface area contributed by atoms with E-state index in [-0.39, 0.29) is 11.1 Å². The highest BCUT2D eigenvalue weighted by Crippen LogP contribution is 2.39. The van der Waals surface area contributed by atoms with Crippen molar-refractivity contribution in [2.45, 2.75) is 122 Å². The third kappa shape index (κ3) is 6.94. The van der Waals surface area contributed by atoms with Gasteiger partial charge in [-0.1, -0.05) is 53.0 Å². The van der Waals surface area contributed by atoms with Crippen molar-refractivity contribution in [1.29, 1.82) is 0 Å². The molecule has 1 aliphatic rings. The number of ether oxygens (including phenoxy) is 2. The molecular weight excluding hydrogens is 360 g/mol. The minimum Gasteiger partial charge on any atom is -0.408 e. The number of hydrogen-bond acceptors (Lipinski definition) is 5. The molecule has 0 aromatic rings. The summed E-state index contributed by atoms with van der Waals surface area (Å²) in [6, 6.07) is 0. The van der Waals surface area contributed by atoms with Gasteiger partial charge in [0, 0.05) is 0 Å². The molecule has 1 heterocycles. The molecule has 2 N–H and O–H groups in total. The smallest absolute Gasteiger partial charge is 0.192 e. The van der Waals surface area contributed by atoms with Crippen LogP contribution >= 0.6 is 0 Å². The van der Waals surface area contributed by atoms with Gasteiger partial charge in [-0.3, -0.25) is 0 Å². The molecule has 0 saturated carbocycles. The number of hydrogen-bond donors (Lipinski definition) is 2. The lowest BCUT2D eigenvalue weighted by Gasteiger charge is -2.47. The molecule has 0 unspecified atom stereocenters. The van der Waals surface area contributed by atoms with Crippen molar-refractivity contribution in [1.82, 2.24) is 0 Å². The summed E-state index contributed by atoms with van der Waals surface area (Å²) in [5.74, 6) is 0. The standard InChI is InChI=1S/C21H42O5Si/c1-9-11-12-14-16(13-10-2)25-20-18(23)19(17(22)15(3)24-20)26-27(7,8)21(4,5)6/h10,15-20,22-23H,2,9,11-14H2,1,3-8H3/t15-,16+,17+,18-,19+,20+/m1/s1. The third-order valence-corrected chi connectivity index (χ3v) is 10.4. The van der Waals surface area contributed by atoms with Crippen LogP contribution in [0.4, 0.5) is 0 Å². The van der Waals surface area contributed by atoms with E-state index in [0.29, 0.717) is 6.42 Å². The van der Waals surface area contributed by atoms with Crippen LogP contribution in [-0.2, 0) is 13.9 Å². The fraction of sp³-hybridized carbons (Fsp3) is 0.905. The Labute approximate surface area is 167 Å².